The second-order valence-corrected chi connectivity index (χ2v) is 3.99. The fourth-order valence-corrected chi connectivity index (χ4v) is 1.71. The highest BCUT2D eigenvalue weighted by Gasteiger charge is 2.25. The smallest absolute Gasteiger partial charge is 0.0936 e. The standard InChI is InChI=1S/C11H23NO/c1-4-10(5-2)7-12(6-3)8-11-9-13-11/h10-11H,4-9H2,1-3H3. The maximum atomic E-state index is 5.25. The molecule has 1 rings (SSSR count). The number of hydrogen-bond acceptors (Lipinski definition) is 2. The largest absolute Gasteiger partial charge is 0.372 e. The van der Waals surface area contributed by atoms with Gasteiger partial charge in [-0.15, -0.1) is 0 Å². The lowest BCUT2D eigenvalue weighted by Gasteiger charge is -2.24. The van der Waals surface area contributed by atoms with Crippen LogP contribution in [0.2, 0.25) is 0 Å². The molecule has 1 aliphatic rings. The molecule has 1 saturated heterocycles. The lowest BCUT2D eigenvalue weighted by molar-refractivity contribution is 0.212. The minimum absolute atomic E-state index is 0.550. The highest BCUT2D eigenvalue weighted by molar-refractivity contribution is 4.75. The lowest BCUT2D eigenvalue weighted by Crippen LogP contribution is -2.32. The van der Waals surface area contributed by atoms with Gasteiger partial charge in [0.1, 0.15) is 0 Å². The number of rotatable bonds is 7. The van der Waals surface area contributed by atoms with Gasteiger partial charge in [-0.25, -0.2) is 0 Å². The molecule has 0 aromatic heterocycles. The van der Waals surface area contributed by atoms with Crippen molar-refractivity contribution in [2.75, 3.05) is 26.2 Å². The van der Waals surface area contributed by atoms with Crippen LogP contribution in [0.1, 0.15) is 33.6 Å². The Balaban J connectivity index is 2.19. The normalized spacial score (nSPS) is 21.5. The summed E-state index contributed by atoms with van der Waals surface area (Å²) < 4.78 is 5.25. The lowest BCUT2D eigenvalue weighted by atomic mass is 10.0. The molecule has 1 aliphatic heterocycles. The second kappa shape index (κ2) is 5.61. The number of ether oxygens (including phenoxy) is 1. The molecule has 1 fully saturated rings. The van der Waals surface area contributed by atoms with E-state index in [0.717, 1.165) is 25.6 Å². The Kier molecular flexibility index (Phi) is 4.74. The average Bonchev–Trinajstić information content (AvgIpc) is 2.95. The van der Waals surface area contributed by atoms with Crippen molar-refractivity contribution >= 4 is 0 Å². The van der Waals surface area contributed by atoms with Gasteiger partial charge < -0.3 is 9.64 Å². The van der Waals surface area contributed by atoms with Gasteiger partial charge in [0.15, 0.2) is 0 Å². The molecule has 0 N–H and O–H groups in total. The molecule has 2 heteroatoms. The molecule has 0 aromatic rings. The van der Waals surface area contributed by atoms with Crippen LogP contribution in [0.5, 0.6) is 0 Å². The van der Waals surface area contributed by atoms with Gasteiger partial charge in [0.05, 0.1) is 12.7 Å². The van der Waals surface area contributed by atoms with Crippen LogP contribution >= 0.6 is 0 Å². The zero-order valence-electron chi connectivity index (χ0n) is 9.25. The SMILES string of the molecule is CCC(CC)CN(CC)CC1CO1. The molecule has 0 bridgehead atoms. The zero-order chi connectivity index (χ0) is 9.68. The summed E-state index contributed by atoms with van der Waals surface area (Å²) in [5.41, 5.74) is 0. The van der Waals surface area contributed by atoms with Crippen LogP contribution in [0.25, 0.3) is 0 Å². The minimum atomic E-state index is 0.550. The molecule has 0 aliphatic carbocycles. The first kappa shape index (κ1) is 11.0. The second-order valence-electron chi connectivity index (χ2n) is 3.99. The van der Waals surface area contributed by atoms with Gasteiger partial charge in [-0.3, -0.25) is 0 Å². The van der Waals surface area contributed by atoms with E-state index < -0.39 is 0 Å². The summed E-state index contributed by atoms with van der Waals surface area (Å²) in [7, 11) is 0. The maximum absolute atomic E-state index is 5.25. The molecule has 0 spiro atoms. The first-order valence-electron chi connectivity index (χ1n) is 5.64. The summed E-state index contributed by atoms with van der Waals surface area (Å²) in [5, 5.41) is 0. The summed E-state index contributed by atoms with van der Waals surface area (Å²) in [5.74, 6) is 0.874. The van der Waals surface area contributed by atoms with Crippen LogP contribution in [-0.2, 0) is 4.74 Å². The van der Waals surface area contributed by atoms with Crippen LogP contribution in [0.3, 0.4) is 0 Å². The Labute approximate surface area is 82.3 Å². The van der Waals surface area contributed by atoms with Crippen molar-refractivity contribution in [1.29, 1.82) is 0 Å². The molecular formula is C11H23NO. The van der Waals surface area contributed by atoms with E-state index in [1.807, 2.05) is 0 Å². The predicted molar refractivity (Wildman–Crippen MR) is 55.9 cm³/mol. The number of nitrogens with zero attached hydrogens (tertiary/aromatic N) is 1. The van der Waals surface area contributed by atoms with Gasteiger partial charge in [0, 0.05) is 13.1 Å². The topological polar surface area (TPSA) is 15.8 Å². The van der Waals surface area contributed by atoms with Gasteiger partial charge in [0.25, 0.3) is 0 Å². The first-order chi connectivity index (χ1) is 6.30. The van der Waals surface area contributed by atoms with E-state index in [-0.39, 0.29) is 0 Å². The molecule has 0 saturated carbocycles. The number of likely N-dealkylation sites (N-methyl/N-ethyl adjacent to an activating group) is 1. The Morgan fingerprint density at radius 2 is 1.92 bits per heavy atom. The van der Waals surface area contributed by atoms with E-state index in [1.54, 1.807) is 0 Å². The molecule has 1 heterocycles. The van der Waals surface area contributed by atoms with Crippen LogP contribution < -0.4 is 0 Å². The summed E-state index contributed by atoms with van der Waals surface area (Å²) >= 11 is 0. The van der Waals surface area contributed by atoms with Gasteiger partial charge in [-0.1, -0.05) is 33.6 Å². The van der Waals surface area contributed by atoms with Crippen molar-refractivity contribution in [3.05, 3.63) is 0 Å². The number of epoxide rings is 1. The summed E-state index contributed by atoms with van der Waals surface area (Å²) in [4.78, 5) is 2.52. The van der Waals surface area contributed by atoms with E-state index in [2.05, 4.69) is 25.7 Å². The molecule has 1 atom stereocenters. The highest BCUT2D eigenvalue weighted by atomic mass is 16.6. The van der Waals surface area contributed by atoms with Gasteiger partial charge >= 0.3 is 0 Å². The van der Waals surface area contributed by atoms with Crippen LogP contribution in [-0.4, -0.2) is 37.2 Å². The molecule has 0 aromatic carbocycles. The molecule has 1 unspecified atom stereocenters. The quantitative estimate of drug-likeness (QED) is 0.565. The molecular weight excluding hydrogens is 162 g/mol. The van der Waals surface area contributed by atoms with Crippen molar-refractivity contribution in [2.45, 2.75) is 39.7 Å². The molecule has 0 amide bonds. The minimum Gasteiger partial charge on any atom is -0.372 e. The van der Waals surface area contributed by atoms with Crippen molar-refractivity contribution in [1.82, 2.24) is 4.90 Å². The van der Waals surface area contributed by atoms with E-state index >= 15 is 0 Å². The number of hydrogen-bond donors (Lipinski definition) is 0. The first-order valence-corrected chi connectivity index (χ1v) is 5.64. The monoisotopic (exact) mass is 185 g/mol. The maximum Gasteiger partial charge on any atom is 0.0936 e. The fraction of sp³-hybridized carbons (Fsp3) is 1.00. The third-order valence-corrected chi connectivity index (χ3v) is 2.98. The van der Waals surface area contributed by atoms with E-state index in [1.165, 1.54) is 19.4 Å². The molecule has 2 nitrogen and oxygen atoms in total. The van der Waals surface area contributed by atoms with Crippen LogP contribution in [0.4, 0.5) is 0 Å². The molecule has 78 valence electrons. The molecule has 0 radical (unpaired) electrons. The Bertz CT molecular complexity index is 130. The van der Waals surface area contributed by atoms with Crippen molar-refractivity contribution in [3.8, 4) is 0 Å². The van der Waals surface area contributed by atoms with Crippen LogP contribution in [0.15, 0.2) is 0 Å². The average molecular weight is 185 g/mol. The van der Waals surface area contributed by atoms with Crippen molar-refractivity contribution in [3.63, 3.8) is 0 Å². The third kappa shape index (κ3) is 4.10. The van der Waals surface area contributed by atoms with E-state index in [4.69, 9.17) is 4.74 Å². The summed E-state index contributed by atoms with van der Waals surface area (Å²) in [6.45, 7) is 11.4. The van der Waals surface area contributed by atoms with Gasteiger partial charge in [-0.2, -0.15) is 0 Å². The predicted octanol–water partition coefficient (Wildman–Crippen LogP) is 2.14. The summed E-state index contributed by atoms with van der Waals surface area (Å²) in [6.07, 6.45) is 3.16. The fourth-order valence-electron chi connectivity index (χ4n) is 1.71. The zero-order valence-corrected chi connectivity index (χ0v) is 9.25. The molecule has 13 heavy (non-hydrogen) atoms. The highest BCUT2D eigenvalue weighted by Crippen LogP contribution is 2.14. The van der Waals surface area contributed by atoms with E-state index in [9.17, 15) is 0 Å². The van der Waals surface area contributed by atoms with Crippen LogP contribution in [0, 0.1) is 5.92 Å². The Morgan fingerprint density at radius 1 is 1.31 bits per heavy atom. The third-order valence-electron chi connectivity index (χ3n) is 2.98. The Hall–Kier alpha value is -0.0800. The summed E-state index contributed by atoms with van der Waals surface area (Å²) in [6, 6.07) is 0. The van der Waals surface area contributed by atoms with Crippen molar-refractivity contribution in [2.24, 2.45) is 5.92 Å². The van der Waals surface area contributed by atoms with E-state index in [0.29, 0.717) is 6.10 Å². The van der Waals surface area contributed by atoms with Gasteiger partial charge in [-0.05, 0) is 12.5 Å². The Morgan fingerprint density at radius 3 is 2.31 bits per heavy atom. The van der Waals surface area contributed by atoms with Crippen molar-refractivity contribution < 1.29 is 4.74 Å². The van der Waals surface area contributed by atoms with Gasteiger partial charge in [0.2, 0.25) is 0 Å².